The highest BCUT2D eigenvalue weighted by molar-refractivity contribution is 7.89. The number of hydrogen-bond acceptors (Lipinski definition) is 4. The lowest BCUT2D eigenvalue weighted by Crippen LogP contribution is -2.51. The van der Waals surface area contributed by atoms with Crippen LogP contribution in [0.5, 0.6) is 0 Å². The molecule has 1 aromatic rings. The average molecular weight is 306 g/mol. The molecule has 1 aliphatic rings. The zero-order valence-corrected chi connectivity index (χ0v) is 11.7. The van der Waals surface area contributed by atoms with Gasteiger partial charge < -0.3 is 10.5 Å². The zero-order valence-electron chi connectivity index (χ0n) is 10.9. The summed E-state index contributed by atoms with van der Waals surface area (Å²) in [5, 5.41) is 0. The number of halogens is 2. The Morgan fingerprint density at radius 2 is 2.15 bits per heavy atom. The van der Waals surface area contributed by atoms with Gasteiger partial charge in [0, 0.05) is 19.1 Å². The average Bonchev–Trinajstić information content (AvgIpc) is 2.41. The maximum absolute atomic E-state index is 13.6. The van der Waals surface area contributed by atoms with Crippen molar-refractivity contribution >= 4 is 10.0 Å². The van der Waals surface area contributed by atoms with Crippen molar-refractivity contribution in [3.63, 3.8) is 0 Å². The number of benzene rings is 1. The summed E-state index contributed by atoms with van der Waals surface area (Å²) in [6.07, 6.45) is -0.463. The molecule has 1 heterocycles. The van der Waals surface area contributed by atoms with Crippen LogP contribution < -0.4 is 5.73 Å². The first-order valence-electron chi connectivity index (χ1n) is 6.15. The van der Waals surface area contributed by atoms with E-state index in [1.54, 1.807) is 6.92 Å². The van der Waals surface area contributed by atoms with Crippen molar-refractivity contribution in [1.82, 2.24) is 4.31 Å². The molecule has 0 radical (unpaired) electrons. The number of nitrogens with zero attached hydrogens (tertiary/aromatic N) is 1. The lowest BCUT2D eigenvalue weighted by Gasteiger charge is -2.33. The van der Waals surface area contributed by atoms with Gasteiger partial charge in [0.05, 0.1) is 12.7 Å². The highest BCUT2D eigenvalue weighted by Gasteiger charge is 2.34. The van der Waals surface area contributed by atoms with Gasteiger partial charge in [-0.05, 0) is 25.1 Å². The summed E-state index contributed by atoms with van der Waals surface area (Å²) in [4.78, 5) is -0.664. The molecule has 2 rings (SSSR count). The molecule has 1 fully saturated rings. The molecule has 0 amide bonds. The van der Waals surface area contributed by atoms with Crippen molar-refractivity contribution in [2.24, 2.45) is 5.73 Å². The summed E-state index contributed by atoms with van der Waals surface area (Å²) in [5.74, 6) is -1.78. The van der Waals surface area contributed by atoms with Gasteiger partial charge in [-0.1, -0.05) is 0 Å². The topological polar surface area (TPSA) is 72.6 Å². The van der Waals surface area contributed by atoms with E-state index in [2.05, 4.69) is 0 Å². The molecule has 0 bridgehead atoms. The second-order valence-corrected chi connectivity index (χ2v) is 6.61. The van der Waals surface area contributed by atoms with E-state index in [-0.39, 0.29) is 25.7 Å². The molecule has 0 spiro atoms. The van der Waals surface area contributed by atoms with Gasteiger partial charge >= 0.3 is 0 Å². The van der Waals surface area contributed by atoms with Gasteiger partial charge in [0.15, 0.2) is 0 Å². The maximum atomic E-state index is 13.6. The number of rotatable bonds is 3. The fourth-order valence-corrected chi connectivity index (χ4v) is 3.51. The van der Waals surface area contributed by atoms with Crippen molar-refractivity contribution in [1.29, 1.82) is 0 Å². The molecule has 5 nitrogen and oxygen atoms in total. The standard InChI is InChI=1S/C12H16F2N2O3S/c1-8(15)11-7-16(4-5-19-11)20(17,18)12-6-9(13)2-3-10(12)14/h2-3,6,8,11H,4-5,7,15H2,1H3. The van der Waals surface area contributed by atoms with E-state index < -0.39 is 32.7 Å². The van der Waals surface area contributed by atoms with E-state index in [0.29, 0.717) is 6.07 Å². The summed E-state index contributed by atoms with van der Waals surface area (Å²) in [6.45, 7) is 1.98. The highest BCUT2D eigenvalue weighted by atomic mass is 32.2. The summed E-state index contributed by atoms with van der Waals surface area (Å²) in [6, 6.07) is 2.00. The highest BCUT2D eigenvalue weighted by Crippen LogP contribution is 2.22. The second-order valence-electron chi connectivity index (χ2n) is 4.71. The molecule has 2 N–H and O–H groups in total. The number of morpholine rings is 1. The molecule has 1 aromatic carbocycles. The number of hydrogen-bond donors (Lipinski definition) is 1. The van der Waals surface area contributed by atoms with Gasteiger partial charge in [0.2, 0.25) is 10.0 Å². The lowest BCUT2D eigenvalue weighted by atomic mass is 10.2. The van der Waals surface area contributed by atoms with Crippen LogP contribution in [-0.2, 0) is 14.8 Å². The molecule has 2 atom stereocenters. The van der Waals surface area contributed by atoms with E-state index in [9.17, 15) is 17.2 Å². The maximum Gasteiger partial charge on any atom is 0.246 e. The molecule has 0 saturated carbocycles. The van der Waals surface area contributed by atoms with Gasteiger partial charge in [-0.15, -0.1) is 0 Å². The van der Waals surface area contributed by atoms with Gasteiger partial charge in [-0.25, -0.2) is 17.2 Å². The Balaban J connectivity index is 2.32. The van der Waals surface area contributed by atoms with Crippen LogP contribution in [0.4, 0.5) is 8.78 Å². The fraction of sp³-hybridized carbons (Fsp3) is 0.500. The Kier molecular flexibility index (Phi) is 4.38. The van der Waals surface area contributed by atoms with Crippen LogP contribution in [-0.4, -0.2) is 44.6 Å². The molecule has 2 unspecified atom stereocenters. The molecule has 1 aliphatic heterocycles. The van der Waals surface area contributed by atoms with E-state index in [0.717, 1.165) is 16.4 Å². The first-order valence-corrected chi connectivity index (χ1v) is 7.59. The van der Waals surface area contributed by atoms with Crippen molar-refractivity contribution in [3.05, 3.63) is 29.8 Å². The van der Waals surface area contributed by atoms with Crippen LogP contribution >= 0.6 is 0 Å². The van der Waals surface area contributed by atoms with Crippen LogP contribution in [0.3, 0.4) is 0 Å². The summed E-state index contributed by atoms with van der Waals surface area (Å²) in [7, 11) is -4.10. The summed E-state index contributed by atoms with van der Waals surface area (Å²) >= 11 is 0. The minimum absolute atomic E-state index is 0.0238. The zero-order chi connectivity index (χ0) is 14.9. The predicted octanol–water partition coefficient (Wildman–Crippen LogP) is 0.702. The van der Waals surface area contributed by atoms with Crippen LogP contribution in [0.1, 0.15) is 6.92 Å². The second kappa shape index (κ2) is 5.72. The number of nitrogens with two attached hydrogens (primary N) is 1. The smallest absolute Gasteiger partial charge is 0.246 e. The minimum atomic E-state index is -4.10. The van der Waals surface area contributed by atoms with Crippen LogP contribution in [0.15, 0.2) is 23.1 Å². The Bertz CT molecular complexity index is 592. The normalized spacial score (nSPS) is 22.7. The van der Waals surface area contributed by atoms with E-state index in [4.69, 9.17) is 10.5 Å². The van der Waals surface area contributed by atoms with Crippen molar-refractivity contribution in [2.45, 2.75) is 24.0 Å². The summed E-state index contributed by atoms with van der Waals surface area (Å²) in [5.41, 5.74) is 5.68. The Morgan fingerprint density at radius 3 is 2.80 bits per heavy atom. The Morgan fingerprint density at radius 1 is 1.45 bits per heavy atom. The molecule has 20 heavy (non-hydrogen) atoms. The largest absolute Gasteiger partial charge is 0.374 e. The van der Waals surface area contributed by atoms with Crippen LogP contribution in [0.25, 0.3) is 0 Å². The summed E-state index contributed by atoms with van der Waals surface area (Å²) < 4.78 is 57.9. The monoisotopic (exact) mass is 306 g/mol. The third-order valence-electron chi connectivity index (χ3n) is 3.15. The molecule has 1 saturated heterocycles. The fourth-order valence-electron chi connectivity index (χ4n) is 2.00. The Labute approximate surface area is 116 Å². The van der Waals surface area contributed by atoms with Gasteiger partial charge in [-0.3, -0.25) is 0 Å². The van der Waals surface area contributed by atoms with E-state index in [1.807, 2.05) is 0 Å². The van der Waals surface area contributed by atoms with Crippen LogP contribution in [0.2, 0.25) is 0 Å². The van der Waals surface area contributed by atoms with E-state index in [1.165, 1.54) is 0 Å². The van der Waals surface area contributed by atoms with E-state index >= 15 is 0 Å². The third-order valence-corrected chi connectivity index (χ3v) is 5.03. The molecule has 112 valence electrons. The van der Waals surface area contributed by atoms with Crippen molar-refractivity contribution < 1.29 is 21.9 Å². The minimum Gasteiger partial charge on any atom is -0.374 e. The molecular weight excluding hydrogens is 290 g/mol. The first-order chi connectivity index (χ1) is 9.32. The van der Waals surface area contributed by atoms with Gasteiger partial charge in [-0.2, -0.15) is 4.31 Å². The van der Waals surface area contributed by atoms with Crippen LogP contribution in [0, 0.1) is 11.6 Å². The first kappa shape index (κ1) is 15.3. The molecule has 8 heteroatoms. The van der Waals surface area contributed by atoms with Crippen molar-refractivity contribution in [3.8, 4) is 0 Å². The number of sulfonamides is 1. The lowest BCUT2D eigenvalue weighted by molar-refractivity contribution is -0.0120. The SMILES string of the molecule is CC(N)C1CN(S(=O)(=O)c2cc(F)ccc2F)CCO1. The third kappa shape index (κ3) is 2.98. The van der Waals surface area contributed by atoms with Gasteiger partial charge in [0.1, 0.15) is 16.5 Å². The molecular formula is C12H16F2N2O3S. The van der Waals surface area contributed by atoms with Gasteiger partial charge in [0.25, 0.3) is 0 Å². The predicted molar refractivity (Wildman–Crippen MR) is 68.5 cm³/mol. The number of ether oxygens (including phenoxy) is 1. The molecule has 0 aliphatic carbocycles. The Hall–Kier alpha value is -1.09. The quantitative estimate of drug-likeness (QED) is 0.892. The molecule has 0 aromatic heterocycles. The van der Waals surface area contributed by atoms with Crippen molar-refractivity contribution in [2.75, 3.05) is 19.7 Å².